The van der Waals surface area contributed by atoms with Crippen LogP contribution >= 0.6 is 0 Å². The average Bonchev–Trinajstić information content (AvgIpc) is 3.41. The van der Waals surface area contributed by atoms with Gasteiger partial charge in [-0.25, -0.2) is 0 Å². The van der Waals surface area contributed by atoms with Gasteiger partial charge in [0.15, 0.2) is 0 Å². The Morgan fingerprint density at radius 3 is 2.63 bits per heavy atom. The monoisotopic (exact) mass is 409 g/mol. The number of likely N-dealkylation sites (tertiary alicyclic amines) is 1. The number of hydrogen-bond acceptors (Lipinski definition) is 7. The second-order valence-corrected chi connectivity index (χ2v) is 7.04. The zero-order valence-corrected chi connectivity index (χ0v) is 17.1. The molecule has 0 bridgehead atoms. The van der Waals surface area contributed by atoms with Crippen molar-refractivity contribution in [3.8, 4) is 28.6 Å². The fourth-order valence-electron chi connectivity index (χ4n) is 3.56. The van der Waals surface area contributed by atoms with Gasteiger partial charge in [0.2, 0.25) is 17.6 Å². The number of carbonyl (C=O) groups excluding carboxylic acids is 1. The second-order valence-electron chi connectivity index (χ2n) is 7.04. The predicted octanol–water partition coefficient (Wildman–Crippen LogP) is 3.28. The molecule has 1 aromatic heterocycles. The van der Waals surface area contributed by atoms with Crippen LogP contribution in [0.4, 0.5) is 0 Å². The molecule has 2 heterocycles. The van der Waals surface area contributed by atoms with Crippen molar-refractivity contribution in [1.82, 2.24) is 15.0 Å². The minimum atomic E-state index is -0.145. The Labute approximate surface area is 174 Å². The maximum atomic E-state index is 12.6. The molecular formula is C22H23N3O5. The molecule has 1 aliphatic rings. The van der Waals surface area contributed by atoms with Crippen molar-refractivity contribution in [3.63, 3.8) is 0 Å². The molecule has 3 aromatic rings. The number of aromatic nitrogens is 2. The van der Waals surface area contributed by atoms with E-state index in [1.807, 2.05) is 42.5 Å². The van der Waals surface area contributed by atoms with E-state index in [-0.39, 0.29) is 11.8 Å². The molecule has 0 N–H and O–H groups in total. The summed E-state index contributed by atoms with van der Waals surface area (Å²) in [5, 5.41) is 4.08. The van der Waals surface area contributed by atoms with Gasteiger partial charge < -0.3 is 23.6 Å². The average molecular weight is 409 g/mol. The largest absolute Gasteiger partial charge is 0.497 e. The highest BCUT2D eigenvalue weighted by Crippen LogP contribution is 2.32. The van der Waals surface area contributed by atoms with Crippen molar-refractivity contribution >= 4 is 5.91 Å². The molecule has 1 amide bonds. The van der Waals surface area contributed by atoms with E-state index in [0.717, 1.165) is 16.9 Å². The highest BCUT2D eigenvalue weighted by molar-refractivity contribution is 5.79. The molecule has 0 aliphatic carbocycles. The number of rotatable bonds is 7. The van der Waals surface area contributed by atoms with Crippen LogP contribution in [0, 0.1) is 0 Å². The molecule has 0 saturated carbocycles. The molecule has 8 nitrogen and oxygen atoms in total. The van der Waals surface area contributed by atoms with Crippen LogP contribution in [-0.4, -0.2) is 48.8 Å². The molecule has 2 aromatic carbocycles. The predicted molar refractivity (Wildman–Crippen MR) is 109 cm³/mol. The van der Waals surface area contributed by atoms with E-state index in [4.69, 9.17) is 18.7 Å². The molecule has 1 atom stereocenters. The number of carbonyl (C=O) groups is 1. The molecule has 1 fully saturated rings. The first-order valence-corrected chi connectivity index (χ1v) is 9.58. The van der Waals surface area contributed by atoms with Crippen molar-refractivity contribution in [3.05, 3.63) is 53.9 Å². The Kier molecular flexibility index (Phi) is 5.56. The van der Waals surface area contributed by atoms with E-state index in [0.29, 0.717) is 42.7 Å². The fraction of sp³-hybridized carbons (Fsp3) is 0.318. The lowest BCUT2D eigenvalue weighted by Gasteiger charge is -2.18. The van der Waals surface area contributed by atoms with Crippen LogP contribution in [0.15, 0.2) is 47.0 Å². The van der Waals surface area contributed by atoms with E-state index in [1.54, 1.807) is 26.2 Å². The van der Waals surface area contributed by atoms with Crippen molar-refractivity contribution in [1.29, 1.82) is 0 Å². The summed E-state index contributed by atoms with van der Waals surface area (Å²) in [6.45, 7) is 0.952. The number of amides is 1. The molecule has 4 rings (SSSR count). The third-order valence-electron chi connectivity index (χ3n) is 5.19. The Morgan fingerprint density at radius 2 is 1.87 bits per heavy atom. The van der Waals surface area contributed by atoms with Gasteiger partial charge >= 0.3 is 0 Å². The minimum Gasteiger partial charge on any atom is -0.497 e. The zero-order valence-electron chi connectivity index (χ0n) is 17.1. The summed E-state index contributed by atoms with van der Waals surface area (Å²) in [5.74, 6) is 2.94. The lowest BCUT2D eigenvalue weighted by molar-refractivity contribution is -0.128. The zero-order chi connectivity index (χ0) is 21.1. The number of ether oxygens (including phenoxy) is 3. The van der Waals surface area contributed by atoms with Gasteiger partial charge in [-0.1, -0.05) is 17.3 Å². The van der Waals surface area contributed by atoms with Crippen LogP contribution in [0.5, 0.6) is 17.2 Å². The van der Waals surface area contributed by atoms with Gasteiger partial charge in [0, 0.05) is 36.7 Å². The Bertz CT molecular complexity index is 1050. The lowest BCUT2D eigenvalue weighted by atomic mass is 10.1. The molecule has 1 unspecified atom stereocenters. The Morgan fingerprint density at radius 1 is 1.07 bits per heavy atom. The van der Waals surface area contributed by atoms with Gasteiger partial charge in [0.05, 0.1) is 27.2 Å². The minimum absolute atomic E-state index is 0.0407. The van der Waals surface area contributed by atoms with E-state index in [1.165, 1.54) is 0 Å². The highest BCUT2D eigenvalue weighted by atomic mass is 16.5. The van der Waals surface area contributed by atoms with E-state index in [9.17, 15) is 4.79 Å². The van der Waals surface area contributed by atoms with Crippen LogP contribution in [0.25, 0.3) is 11.4 Å². The van der Waals surface area contributed by atoms with Crippen molar-refractivity contribution in [2.45, 2.75) is 18.9 Å². The number of methoxy groups -OCH3 is 3. The van der Waals surface area contributed by atoms with Gasteiger partial charge in [-0.05, 0) is 24.3 Å². The number of benzene rings is 2. The molecule has 156 valence electrons. The van der Waals surface area contributed by atoms with Crippen molar-refractivity contribution in [2.24, 2.45) is 0 Å². The summed E-state index contributed by atoms with van der Waals surface area (Å²) < 4.78 is 21.4. The SMILES string of the molecule is COc1cccc(-c2noc(C3CC(=O)N(Cc4ccc(OC)cc4OC)C3)n2)c1. The standard InChI is InChI=1S/C22H23N3O5/c1-27-17-6-4-5-14(9-17)21-23-22(30-24-21)16-10-20(26)25(13-16)12-15-7-8-18(28-2)11-19(15)29-3/h4-9,11,16H,10,12-13H2,1-3H3. The van der Waals surface area contributed by atoms with Gasteiger partial charge in [0.1, 0.15) is 17.2 Å². The van der Waals surface area contributed by atoms with Gasteiger partial charge in [0.25, 0.3) is 0 Å². The molecule has 8 heteroatoms. The quantitative estimate of drug-likeness (QED) is 0.592. The molecule has 1 saturated heterocycles. The molecule has 0 spiro atoms. The van der Waals surface area contributed by atoms with Gasteiger partial charge in [-0.2, -0.15) is 4.98 Å². The molecule has 1 aliphatic heterocycles. The maximum Gasteiger partial charge on any atom is 0.232 e. The van der Waals surface area contributed by atoms with Crippen LogP contribution in [-0.2, 0) is 11.3 Å². The molecule has 30 heavy (non-hydrogen) atoms. The van der Waals surface area contributed by atoms with Crippen LogP contribution in [0.2, 0.25) is 0 Å². The van der Waals surface area contributed by atoms with Gasteiger partial charge in [-0.3, -0.25) is 4.79 Å². The topological polar surface area (TPSA) is 86.9 Å². The summed E-state index contributed by atoms with van der Waals surface area (Å²) in [6.07, 6.45) is 0.332. The highest BCUT2D eigenvalue weighted by Gasteiger charge is 2.34. The normalized spacial score (nSPS) is 16.0. The first-order valence-electron chi connectivity index (χ1n) is 9.58. The first-order chi connectivity index (χ1) is 14.6. The third-order valence-corrected chi connectivity index (χ3v) is 5.19. The second kappa shape index (κ2) is 8.44. The van der Waals surface area contributed by atoms with Crippen molar-refractivity contribution in [2.75, 3.05) is 27.9 Å². The van der Waals surface area contributed by atoms with Crippen LogP contribution in [0.3, 0.4) is 0 Å². The maximum absolute atomic E-state index is 12.6. The Balaban J connectivity index is 1.48. The fourth-order valence-corrected chi connectivity index (χ4v) is 3.56. The third kappa shape index (κ3) is 3.94. The van der Waals surface area contributed by atoms with Crippen LogP contribution in [0.1, 0.15) is 23.8 Å². The number of nitrogens with zero attached hydrogens (tertiary/aromatic N) is 3. The van der Waals surface area contributed by atoms with E-state index in [2.05, 4.69) is 10.1 Å². The summed E-state index contributed by atoms with van der Waals surface area (Å²) >= 11 is 0. The van der Waals surface area contributed by atoms with Gasteiger partial charge in [-0.15, -0.1) is 0 Å². The summed E-state index contributed by atoms with van der Waals surface area (Å²) in [5.41, 5.74) is 1.71. The summed E-state index contributed by atoms with van der Waals surface area (Å²) in [7, 11) is 4.82. The van der Waals surface area contributed by atoms with Crippen molar-refractivity contribution < 1.29 is 23.5 Å². The first kappa shape index (κ1) is 19.8. The summed E-state index contributed by atoms with van der Waals surface area (Å²) in [4.78, 5) is 18.9. The smallest absolute Gasteiger partial charge is 0.232 e. The van der Waals surface area contributed by atoms with E-state index >= 15 is 0 Å². The number of hydrogen-bond donors (Lipinski definition) is 0. The lowest BCUT2D eigenvalue weighted by Crippen LogP contribution is -2.24. The Hall–Kier alpha value is -3.55. The summed E-state index contributed by atoms with van der Waals surface area (Å²) in [6, 6.07) is 13.0. The molecular weight excluding hydrogens is 386 g/mol. The van der Waals surface area contributed by atoms with E-state index < -0.39 is 0 Å². The van der Waals surface area contributed by atoms with Crippen LogP contribution < -0.4 is 14.2 Å². The molecule has 0 radical (unpaired) electrons.